The summed E-state index contributed by atoms with van der Waals surface area (Å²) in [5, 5.41) is 5.97. The number of nitrogens with one attached hydrogen (secondary N) is 2. The maximum atomic E-state index is 12.1. The van der Waals surface area contributed by atoms with Crippen LogP contribution in [0.5, 0.6) is 0 Å². The van der Waals surface area contributed by atoms with Gasteiger partial charge in [-0.1, -0.05) is 18.0 Å². The fraction of sp³-hybridized carbons (Fsp3) is 0.467. The van der Waals surface area contributed by atoms with E-state index in [2.05, 4.69) is 10.6 Å². The fourth-order valence-corrected chi connectivity index (χ4v) is 3.72. The molecule has 1 aliphatic heterocycles. The number of thioether (sulfide) groups is 1. The third-order valence-corrected chi connectivity index (χ3v) is 5.45. The lowest BCUT2D eigenvalue weighted by atomic mass is 9.85. The second-order valence-electron chi connectivity index (χ2n) is 5.54. The molecule has 6 heteroatoms. The van der Waals surface area contributed by atoms with E-state index in [9.17, 15) is 9.59 Å². The van der Waals surface area contributed by atoms with Crippen LogP contribution in [-0.2, 0) is 9.59 Å². The number of carbonyl (C=O) groups excluding carboxylic acids is 2. The predicted molar refractivity (Wildman–Crippen MR) is 84.7 cm³/mol. The Morgan fingerprint density at radius 2 is 2.24 bits per heavy atom. The van der Waals surface area contributed by atoms with Gasteiger partial charge in [-0.3, -0.25) is 9.59 Å². The van der Waals surface area contributed by atoms with E-state index >= 15 is 0 Å². The van der Waals surface area contributed by atoms with Crippen molar-refractivity contribution >= 4 is 40.9 Å². The van der Waals surface area contributed by atoms with E-state index in [1.165, 1.54) is 31.0 Å². The molecule has 2 N–H and O–H groups in total. The van der Waals surface area contributed by atoms with Gasteiger partial charge >= 0.3 is 0 Å². The average molecular weight is 325 g/mol. The number of hydrogen-bond acceptors (Lipinski definition) is 3. The topological polar surface area (TPSA) is 58.2 Å². The minimum Gasteiger partial charge on any atom is -0.356 e. The number of carbonyl (C=O) groups is 2. The molecule has 2 aliphatic rings. The van der Waals surface area contributed by atoms with Crippen molar-refractivity contribution in [3.8, 4) is 0 Å². The molecule has 0 aromatic heterocycles. The Hall–Kier alpha value is -1.20. The SMILES string of the molecule is O=C(C[C@@H]1Sc2ccc(Cl)cc2NC1=O)NCC1CCC1. The highest BCUT2D eigenvalue weighted by atomic mass is 35.5. The first-order valence-electron chi connectivity index (χ1n) is 7.15. The summed E-state index contributed by atoms with van der Waals surface area (Å²) in [5.74, 6) is 0.449. The number of hydrogen-bond donors (Lipinski definition) is 2. The van der Waals surface area contributed by atoms with Crippen LogP contribution in [0.1, 0.15) is 25.7 Å². The highest BCUT2D eigenvalue weighted by Crippen LogP contribution is 2.38. The lowest BCUT2D eigenvalue weighted by Crippen LogP contribution is -2.37. The van der Waals surface area contributed by atoms with Crippen molar-refractivity contribution < 1.29 is 9.59 Å². The van der Waals surface area contributed by atoms with Crippen LogP contribution in [0.4, 0.5) is 5.69 Å². The van der Waals surface area contributed by atoms with Crippen LogP contribution in [0.2, 0.25) is 5.02 Å². The Morgan fingerprint density at radius 1 is 1.43 bits per heavy atom. The lowest BCUT2D eigenvalue weighted by molar-refractivity contribution is -0.124. The van der Waals surface area contributed by atoms with E-state index < -0.39 is 0 Å². The maximum absolute atomic E-state index is 12.1. The second-order valence-corrected chi connectivity index (χ2v) is 7.22. The maximum Gasteiger partial charge on any atom is 0.238 e. The number of benzene rings is 1. The quantitative estimate of drug-likeness (QED) is 0.895. The molecule has 112 valence electrons. The van der Waals surface area contributed by atoms with E-state index in [0.29, 0.717) is 10.9 Å². The number of rotatable bonds is 4. The molecule has 1 heterocycles. The summed E-state index contributed by atoms with van der Waals surface area (Å²) in [6.07, 6.45) is 3.88. The molecular formula is C15H17ClN2O2S. The van der Waals surface area contributed by atoms with Gasteiger partial charge in [0.25, 0.3) is 0 Å². The van der Waals surface area contributed by atoms with Gasteiger partial charge in [0.1, 0.15) is 0 Å². The van der Waals surface area contributed by atoms with Crippen LogP contribution in [-0.4, -0.2) is 23.6 Å². The average Bonchev–Trinajstić information content (AvgIpc) is 2.38. The van der Waals surface area contributed by atoms with E-state index in [0.717, 1.165) is 17.1 Å². The molecule has 0 unspecified atom stereocenters. The smallest absolute Gasteiger partial charge is 0.238 e. The first kappa shape index (κ1) is 14.7. The minimum absolute atomic E-state index is 0.0491. The van der Waals surface area contributed by atoms with Gasteiger partial charge in [0.2, 0.25) is 11.8 Å². The van der Waals surface area contributed by atoms with Crippen molar-refractivity contribution in [1.82, 2.24) is 5.32 Å². The summed E-state index contributed by atoms with van der Waals surface area (Å²) in [7, 11) is 0. The molecule has 0 radical (unpaired) electrons. The Labute approximate surface area is 133 Å². The van der Waals surface area contributed by atoms with E-state index in [1.54, 1.807) is 12.1 Å². The van der Waals surface area contributed by atoms with Crippen LogP contribution >= 0.6 is 23.4 Å². The minimum atomic E-state index is -0.375. The summed E-state index contributed by atoms with van der Waals surface area (Å²) in [6, 6.07) is 5.40. The zero-order chi connectivity index (χ0) is 14.8. The van der Waals surface area contributed by atoms with E-state index in [4.69, 9.17) is 11.6 Å². The van der Waals surface area contributed by atoms with Crippen molar-refractivity contribution in [2.45, 2.75) is 35.8 Å². The van der Waals surface area contributed by atoms with Crippen molar-refractivity contribution in [2.75, 3.05) is 11.9 Å². The van der Waals surface area contributed by atoms with Gasteiger partial charge < -0.3 is 10.6 Å². The monoisotopic (exact) mass is 324 g/mol. The Bertz CT molecular complexity index is 575. The van der Waals surface area contributed by atoms with Crippen LogP contribution in [0.15, 0.2) is 23.1 Å². The number of halogens is 1. The molecule has 0 bridgehead atoms. The third-order valence-electron chi connectivity index (χ3n) is 3.94. The standard InChI is InChI=1S/C15H17ClN2O2S/c16-10-4-5-12-11(6-10)18-15(20)13(21-12)7-14(19)17-8-9-2-1-3-9/h4-6,9,13H,1-3,7-8H2,(H,17,19)(H,18,20)/t13-/m0/s1. The third kappa shape index (κ3) is 3.52. The molecule has 1 atom stereocenters. The molecule has 1 aliphatic carbocycles. The van der Waals surface area contributed by atoms with Crippen LogP contribution in [0, 0.1) is 5.92 Å². The second kappa shape index (κ2) is 6.28. The Morgan fingerprint density at radius 3 is 2.95 bits per heavy atom. The molecule has 4 nitrogen and oxygen atoms in total. The molecule has 1 aromatic rings. The molecule has 1 saturated carbocycles. The summed E-state index contributed by atoms with van der Waals surface area (Å²) >= 11 is 7.34. The lowest BCUT2D eigenvalue weighted by Gasteiger charge is -2.26. The Kier molecular flexibility index (Phi) is 4.40. The predicted octanol–water partition coefficient (Wildman–Crippen LogP) is 3.06. The number of anilines is 1. The van der Waals surface area contributed by atoms with Crippen molar-refractivity contribution in [3.63, 3.8) is 0 Å². The molecule has 3 rings (SSSR count). The molecule has 0 saturated heterocycles. The van der Waals surface area contributed by atoms with Gasteiger partial charge in [-0.15, -0.1) is 11.8 Å². The molecule has 2 amide bonds. The molecule has 0 spiro atoms. The molecule has 21 heavy (non-hydrogen) atoms. The summed E-state index contributed by atoms with van der Waals surface area (Å²) in [4.78, 5) is 25.0. The highest BCUT2D eigenvalue weighted by Gasteiger charge is 2.29. The fourth-order valence-electron chi connectivity index (χ4n) is 2.45. The van der Waals surface area contributed by atoms with Gasteiger partial charge in [-0.25, -0.2) is 0 Å². The van der Waals surface area contributed by atoms with Gasteiger partial charge in [0, 0.05) is 22.9 Å². The van der Waals surface area contributed by atoms with Gasteiger partial charge in [0.05, 0.1) is 10.9 Å². The first-order chi connectivity index (χ1) is 10.1. The van der Waals surface area contributed by atoms with Crippen LogP contribution in [0.3, 0.4) is 0 Å². The summed E-state index contributed by atoms with van der Waals surface area (Å²) < 4.78 is 0. The van der Waals surface area contributed by atoms with E-state index in [-0.39, 0.29) is 23.5 Å². The summed E-state index contributed by atoms with van der Waals surface area (Å²) in [5.41, 5.74) is 0.726. The zero-order valence-corrected chi connectivity index (χ0v) is 13.1. The molecule has 1 fully saturated rings. The largest absolute Gasteiger partial charge is 0.356 e. The van der Waals surface area contributed by atoms with Gasteiger partial charge in [-0.05, 0) is 37.0 Å². The van der Waals surface area contributed by atoms with Crippen molar-refractivity contribution in [1.29, 1.82) is 0 Å². The van der Waals surface area contributed by atoms with Crippen LogP contribution in [0.25, 0.3) is 0 Å². The normalized spacial score (nSPS) is 21.2. The number of fused-ring (bicyclic) bond motifs is 1. The Balaban J connectivity index is 1.57. The zero-order valence-electron chi connectivity index (χ0n) is 11.5. The van der Waals surface area contributed by atoms with Gasteiger partial charge in [0.15, 0.2) is 0 Å². The van der Waals surface area contributed by atoms with Crippen LogP contribution < -0.4 is 10.6 Å². The summed E-state index contributed by atoms with van der Waals surface area (Å²) in [6.45, 7) is 0.740. The van der Waals surface area contributed by atoms with Crippen molar-refractivity contribution in [3.05, 3.63) is 23.2 Å². The highest BCUT2D eigenvalue weighted by molar-refractivity contribution is 8.01. The number of amides is 2. The first-order valence-corrected chi connectivity index (χ1v) is 8.41. The molecule has 1 aromatic carbocycles. The molecular weight excluding hydrogens is 308 g/mol. The van der Waals surface area contributed by atoms with Crippen molar-refractivity contribution in [2.24, 2.45) is 5.92 Å². The van der Waals surface area contributed by atoms with Gasteiger partial charge in [-0.2, -0.15) is 0 Å². The van der Waals surface area contributed by atoms with E-state index in [1.807, 2.05) is 6.07 Å².